The smallest absolute Gasteiger partial charge is 0.269 e. The Labute approximate surface area is 127 Å². The van der Waals surface area contributed by atoms with Crippen molar-refractivity contribution >= 4 is 17.0 Å². The summed E-state index contributed by atoms with van der Waals surface area (Å²) in [6.07, 6.45) is 0.456. The molecule has 0 aliphatic rings. The number of non-ortho nitro benzene ring substituents is 1. The first-order valence-electron chi connectivity index (χ1n) is 6.78. The average molecular weight is 306 g/mol. The Hall–Kier alpha value is -1.76. The Morgan fingerprint density at radius 1 is 1.29 bits per heavy atom. The van der Waals surface area contributed by atoms with E-state index < -0.39 is 4.92 Å². The van der Waals surface area contributed by atoms with E-state index in [1.165, 1.54) is 17.0 Å². The molecule has 5 nitrogen and oxygen atoms in total. The predicted molar refractivity (Wildman–Crippen MR) is 84.4 cm³/mol. The number of hydrogen-bond acceptors (Lipinski definition) is 5. The summed E-state index contributed by atoms with van der Waals surface area (Å²) in [5.41, 5.74) is 1.09. The molecule has 1 aromatic carbocycles. The standard InChI is InChI=1S/C15H18N2O3S/c1-11(18)8-9-16-10-14-6-7-15(21-14)12-2-4-13(5-3-12)17(19)20/h2-7,11,16,18H,8-10H2,1H3. The fourth-order valence-corrected chi connectivity index (χ4v) is 2.88. The normalized spacial score (nSPS) is 12.3. The van der Waals surface area contributed by atoms with Gasteiger partial charge in [-0.15, -0.1) is 11.3 Å². The third-order valence-corrected chi connectivity index (χ3v) is 4.20. The molecule has 1 unspecified atom stereocenters. The summed E-state index contributed by atoms with van der Waals surface area (Å²) in [5, 5.41) is 23.1. The van der Waals surface area contributed by atoms with Crippen LogP contribution in [-0.4, -0.2) is 22.7 Å². The SMILES string of the molecule is CC(O)CCNCc1ccc(-c2ccc([N+](=O)[O-])cc2)s1. The van der Waals surface area contributed by atoms with E-state index in [0.717, 1.165) is 30.0 Å². The van der Waals surface area contributed by atoms with Gasteiger partial charge in [-0.05, 0) is 49.7 Å². The van der Waals surface area contributed by atoms with E-state index in [-0.39, 0.29) is 11.8 Å². The number of thiophene rings is 1. The lowest BCUT2D eigenvalue weighted by atomic mass is 10.2. The van der Waals surface area contributed by atoms with Crippen LogP contribution in [0.1, 0.15) is 18.2 Å². The molecule has 2 N–H and O–H groups in total. The summed E-state index contributed by atoms with van der Waals surface area (Å²) in [6.45, 7) is 3.33. The topological polar surface area (TPSA) is 75.4 Å². The molecule has 0 spiro atoms. The summed E-state index contributed by atoms with van der Waals surface area (Å²) in [5.74, 6) is 0. The quantitative estimate of drug-likeness (QED) is 0.468. The summed E-state index contributed by atoms with van der Waals surface area (Å²) >= 11 is 1.66. The largest absolute Gasteiger partial charge is 0.393 e. The molecule has 0 fully saturated rings. The van der Waals surface area contributed by atoms with Gasteiger partial charge in [-0.3, -0.25) is 10.1 Å². The van der Waals surface area contributed by atoms with Gasteiger partial charge in [0.15, 0.2) is 0 Å². The van der Waals surface area contributed by atoms with Gasteiger partial charge >= 0.3 is 0 Å². The highest BCUT2D eigenvalue weighted by Gasteiger charge is 2.07. The van der Waals surface area contributed by atoms with Crippen molar-refractivity contribution in [3.63, 3.8) is 0 Å². The fourth-order valence-electron chi connectivity index (χ4n) is 1.90. The minimum Gasteiger partial charge on any atom is -0.393 e. The Morgan fingerprint density at radius 3 is 2.62 bits per heavy atom. The second-order valence-corrected chi connectivity index (χ2v) is 6.05. The molecule has 1 heterocycles. The highest BCUT2D eigenvalue weighted by atomic mass is 32.1. The summed E-state index contributed by atoms with van der Waals surface area (Å²) < 4.78 is 0. The van der Waals surface area contributed by atoms with Gasteiger partial charge in [0, 0.05) is 28.4 Å². The zero-order chi connectivity index (χ0) is 15.2. The van der Waals surface area contributed by atoms with Crippen LogP contribution in [-0.2, 0) is 6.54 Å². The molecule has 1 aromatic heterocycles. The highest BCUT2D eigenvalue weighted by molar-refractivity contribution is 7.15. The van der Waals surface area contributed by atoms with Crippen molar-refractivity contribution in [2.24, 2.45) is 0 Å². The molecule has 0 aliphatic heterocycles. The van der Waals surface area contributed by atoms with Crippen molar-refractivity contribution in [2.45, 2.75) is 26.0 Å². The number of nitrogens with zero attached hydrogens (tertiary/aromatic N) is 1. The maximum absolute atomic E-state index is 10.6. The van der Waals surface area contributed by atoms with Crippen molar-refractivity contribution < 1.29 is 10.0 Å². The second-order valence-electron chi connectivity index (χ2n) is 4.88. The maximum Gasteiger partial charge on any atom is 0.269 e. The zero-order valence-corrected chi connectivity index (χ0v) is 12.6. The molecule has 2 aromatic rings. The van der Waals surface area contributed by atoms with E-state index in [1.54, 1.807) is 30.4 Å². The molecule has 0 aliphatic carbocycles. The Morgan fingerprint density at radius 2 is 2.00 bits per heavy atom. The van der Waals surface area contributed by atoms with Gasteiger partial charge in [-0.2, -0.15) is 0 Å². The van der Waals surface area contributed by atoms with E-state index >= 15 is 0 Å². The van der Waals surface area contributed by atoms with Crippen LogP contribution < -0.4 is 5.32 Å². The summed E-state index contributed by atoms with van der Waals surface area (Å²) in [7, 11) is 0. The average Bonchev–Trinajstić information content (AvgIpc) is 2.92. The molecule has 0 saturated carbocycles. The predicted octanol–water partition coefficient (Wildman–Crippen LogP) is 3.18. The molecule has 21 heavy (non-hydrogen) atoms. The van der Waals surface area contributed by atoms with E-state index in [9.17, 15) is 15.2 Å². The Bertz CT molecular complexity index is 593. The number of hydrogen-bond donors (Lipinski definition) is 2. The number of nitro benzene ring substituents is 1. The highest BCUT2D eigenvalue weighted by Crippen LogP contribution is 2.29. The van der Waals surface area contributed by atoms with E-state index in [0.29, 0.717) is 0 Å². The first-order valence-corrected chi connectivity index (χ1v) is 7.60. The molecule has 0 radical (unpaired) electrons. The molecule has 0 amide bonds. The monoisotopic (exact) mass is 306 g/mol. The van der Waals surface area contributed by atoms with Crippen molar-refractivity contribution in [2.75, 3.05) is 6.54 Å². The van der Waals surface area contributed by atoms with Crippen LogP contribution in [0, 0.1) is 10.1 Å². The molecular weight excluding hydrogens is 288 g/mol. The minimum absolute atomic E-state index is 0.107. The first-order chi connectivity index (χ1) is 10.1. The van der Waals surface area contributed by atoms with Gasteiger partial charge in [0.1, 0.15) is 0 Å². The molecule has 0 saturated heterocycles. The van der Waals surface area contributed by atoms with Crippen LogP contribution >= 0.6 is 11.3 Å². The molecular formula is C15H18N2O3S. The molecule has 112 valence electrons. The third-order valence-electron chi connectivity index (χ3n) is 3.06. The van der Waals surface area contributed by atoms with Gasteiger partial charge < -0.3 is 10.4 Å². The second kappa shape index (κ2) is 7.31. The first kappa shape index (κ1) is 15.6. The fraction of sp³-hybridized carbons (Fsp3) is 0.333. The number of rotatable bonds is 7. The van der Waals surface area contributed by atoms with Gasteiger partial charge in [0.2, 0.25) is 0 Å². The summed E-state index contributed by atoms with van der Waals surface area (Å²) in [6, 6.07) is 10.7. The Balaban J connectivity index is 1.94. The zero-order valence-electron chi connectivity index (χ0n) is 11.8. The third kappa shape index (κ3) is 4.63. The minimum atomic E-state index is -0.393. The van der Waals surface area contributed by atoms with Gasteiger partial charge in [0.05, 0.1) is 11.0 Å². The van der Waals surface area contributed by atoms with E-state index in [2.05, 4.69) is 11.4 Å². The molecule has 2 rings (SSSR count). The van der Waals surface area contributed by atoms with Gasteiger partial charge in [-0.25, -0.2) is 0 Å². The number of nitro groups is 1. The maximum atomic E-state index is 10.6. The van der Waals surface area contributed by atoms with Crippen LogP contribution in [0.15, 0.2) is 36.4 Å². The van der Waals surface area contributed by atoms with Crippen molar-refractivity contribution in [1.82, 2.24) is 5.32 Å². The number of aliphatic hydroxyl groups excluding tert-OH is 1. The summed E-state index contributed by atoms with van der Waals surface area (Å²) in [4.78, 5) is 12.5. The van der Waals surface area contributed by atoms with Gasteiger partial charge in [0.25, 0.3) is 5.69 Å². The molecule has 6 heteroatoms. The lowest BCUT2D eigenvalue weighted by Crippen LogP contribution is -2.17. The van der Waals surface area contributed by atoms with Crippen LogP contribution in [0.5, 0.6) is 0 Å². The number of benzene rings is 1. The van der Waals surface area contributed by atoms with Crippen molar-refractivity contribution in [3.8, 4) is 10.4 Å². The Kier molecular flexibility index (Phi) is 5.44. The van der Waals surface area contributed by atoms with Crippen molar-refractivity contribution in [3.05, 3.63) is 51.4 Å². The van der Waals surface area contributed by atoms with Crippen LogP contribution in [0.25, 0.3) is 10.4 Å². The lowest BCUT2D eigenvalue weighted by molar-refractivity contribution is -0.384. The van der Waals surface area contributed by atoms with E-state index in [1.807, 2.05) is 6.07 Å². The number of nitrogens with one attached hydrogen (secondary N) is 1. The molecule has 1 atom stereocenters. The van der Waals surface area contributed by atoms with E-state index in [4.69, 9.17) is 0 Å². The van der Waals surface area contributed by atoms with Crippen LogP contribution in [0.2, 0.25) is 0 Å². The number of aliphatic hydroxyl groups is 1. The van der Waals surface area contributed by atoms with Gasteiger partial charge in [-0.1, -0.05) is 0 Å². The van der Waals surface area contributed by atoms with Crippen LogP contribution in [0.3, 0.4) is 0 Å². The molecule has 0 bridgehead atoms. The van der Waals surface area contributed by atoms with Crippen LogP contribution in [0.4, 0.5) is 5.69 Å². The lowest BCUT2D eigenvalue weighted by Gasteiger charge is -2.04. The van der Waals surface area contributed by atoms with Crippen molar-refractivity contribution in [1.29, 1.82) is 0 Å².